The van der Waals surface area contributed by atoms with E-state index >= 15 is 0 Å². The highest BCUT2D eigenvalue weighted by Crippen LogP contribution is 2.40. The average molecular weight is 383 g/mol. The molecule has 1 N–H and O–H groups in total. The van der Waals surface area contributed by atoms with Crippen molar-refractivity contribution in [1.82, 2.24) is 15.2 Å². The summed E-state index contributed by atoms with van der Waals surface area (Å²) in [5.74, 6) is 0.527. The lowest BCUT2D eigenvalue weighted by molar-refractivity contribution is -0.131. The summed E-state index contributed by atoms with van der Waals surface area (Å²) < 4.78 is 20.1. The summed E-state index contributed by atoms with van der Waals surface area (Å²) in [5, 5.41) is 3.54. The van der Waals surface area contributed by atoms with Gasteiger partial charge in [-0.25, -0.2) is 4.39 Å². The van der Waals surface area contributed by atoms with Crippen molar-refractivity contribution in [2.45, 2.75) is 44.7 Å². The van der Waals surface area contributed by atoms with E-state index in [4.69, 9.17) is 4.74 Å². The summed E-state index contributed by atoms with van der Waals surface area (Å²) in [7, 11) is 1.85. The Hall–Kier alpha value is -2.47. The zero-order valence-electron chi connectivity index (χ0n) is 16.6. The minimum atomic E-state index is -0.466. The van der Waals surface area contributed by atoms with E-state index in [0.29, 0.717) is 17.9 Å². The predicted molar refractivity (Wildman–Crippen MR) is 106 cm³/mol. The van der Waals surface area contributed by atoms with E-state index in [1.165, 1.54) is 6.07 Å². The lowest BCUT2D eigenvalue weighted by Gasteiger charge is -2.23. The number of likely N-dealkylation sites (tertiary alicyclic amines) is 1. The molecule has 6 heteroatoms. The molecule has 4 rings (SSSR count). The van der Waals surface area contributed by atoms with Crippen molar-refractivity contribution in [1.29, 1.82) is 0 Å². The van der Waals surface area contributed by atoms with Crippen molar-refractivity contribution >= 4 is 5.91 Å². The number of aromatic nitrogens is 1. The molecule has 0 saturated carbocycles. The Bertz CT molecular complexity index is 917. The maximum atomic E-state index is 14.6. The zero-order valence-corrected chi connectivity index (χ0v) is 16.6. The van der Waals surface area contributed by atoms with Gasteiger partial charge in [-0.05, 0) is 68.5 Å². The quantitative estimate of drug-likeness (QED) is 0.876. The van der Waals surface area contributed by atoms with Gasteiger partial charge in [-0.1, -0.05) is 0 Å². The predicted octanol–water partition coefficient (Wildman–Crippen LogP) is 3.62. The van der Waals surface area contributed by atoms with Crippen LogP contribution in [0.15, 0.2) is 30.5 Å². The zero-order chi connectivity index (χ0) is 19.9. The number of carbonyl (C=O) groups excluding carboxylic acids is 1. The number of halogens is 1. The maximum absolute atomic E-state index is 14.6. The largest absolute Gasteiger partial charge is 0.494 e. The van der Waals surface area contributed by atoms with Crippen molar-refractivity contribution in [3.05, 3.63) is 47.5 Å². The van der Waals surface area contributed by atoms with Crippen LogP contribution in [0.25, 0.3) is 11.1 Å². The monoisotopic (exact) mass is 383 g/mol. The Kier molecular flexibility index (Phi) is 4.83. The van der Waals surface area contributed by atoms with Crippen molar-refractivity contribution in [3.8, 4) is 16.9 Å². The second kappa shape index (κ2) is 7.17. The van der Waals surface area contributed by atoms with Crippen LogP contribution >= 0.6 is 0 Å². The topological polar surface area (TPSA) is 54.5 Å². The maximum Gasteiger partial charge on any atom is 0.242 e. The minimum absolute atomic E-state index is 0.00654. The smallest absolute Gasteiger partial charge is 0.242 e. The van der Waals surface area contributed by atoms with Gasteiger partial charge < -0.3 is 9.64 Å². The molecule has 0 aliphatic carbocycles. The van der Waals surface area contributed by atoms with Gasteiger partial charge in [-0.3, -0.25) is 15.1 Å². The summed E-state index contributed by atoms with van der Waals surface area (Å²) in [6, 6.07) is 6.76. The highest BCUT2D eigenvalue weighted by atomic mass is 19.1. The molecule has 1 amide bonds. The number of carbonyl (C=O) groups is 1. The molecule has 0 radical (unpaired) electrons. The Morgan fingerprint density at radius 2 is 2.14 bits per heavy atom. The Morgan fingerprint density at radius 1 is 1.32 bits per heavy atom. The van der Waals surface area contributed by atoms with Gasteiger partial charge in [0, 0.05) is 25.4 Å². The molecule has 2 atom stereocenters. The first-order chi connectivity index (χ1) is 13.4. The van der Waals surface area contributed by atoms with Crippen LogP contribution < -0.4 is 10.1 Å². The van der Waals surface area contributed by atoms with Crippen LogP contribution in [-0.2, 0) is 4.79 Å². The second-order valence-electron chi connectivity index (χ2n) is 7.79. The van der Waals surface area contributed by atoms with Gasteiger partial charge in [0.15, 0.2) is 0 Å². The second-order valence-corrected chi connectivity index (χ2v) is 7.79. The molecule has 148 valence electrons. The van der Waals surface area contributed by atoms with Crippen LogP contribution in [0.3, 0.4) is 0 Å². The molecule has 1 aromatic carbocycles. The third-order valence-corrected chi connectivity index (χ3v) is 5.96. The first-order valence-electron chi connectivity index (χ1n) is 9.86. The van der Waals surface area contributed by atoms with E-state index < -0.39 is 5.54 Å². The van der Waals surface area contributed by atoms with Crippen molar-refractivity contribution in [2.75, 3.05) is 20.2 Å². The van der Waals surface area contributed by atoms with Crippen molar-refractivity contribution in [2.24, 2.45) is 0 Å². The Labute approximate surface area is 164 Å². The van der Waals surface area contributed by atoms with E-state index in [0.717, 1.165) is 42.6 Å². The van der Waals surface area contributed by atoms with E-state index in [-0.39, 0.29) is 17.8 Å². The number of nitrogens with one attached hydrogen (secondary N) is 1. The number of hydrogen-bond acceptors (Lipinski definition) is 4. The lowest BCUT2D eigenvalue weighted by atomic mass is 9.96. The summed E-state index contributed by atoms with van der Waals surface area (Å²) in [4.78, 5) is 19.0. The SMILES string of the molecule is CCOc1ccc(F)c(-c2cc([C@H]3CC[C@]4(CCN(C)C4=O)N3)ncc2C)c1. The fraction of sp³-hybridized carbons (Fsp3) is 0.455. The normalized spacial score (nSPS) is 24.4. The molecule has 1 aromatic heterocycles. The molecule has 3 heterocycles. The van der Waals surface area contributed by atoms with Gasteiger partial charge in [0.25, 0.3) is 0 Å². The molecule has 2 aliphatic rings. The highest BCUT2D eigenvalue weighted by molar-refractivity contribution is 5.88. The van der Waals surface area contributed by atoms with Crippen LogP contribution in [0.1, 0.15) is 43.5 Å². The van der Waals surface area contributed by atoms with Gasteiger partial charge in [-0.15, -0.1) is 0 Å². The van der Waals surface area contributed by atoms with Gasteiger partial charge in [-0.2, -0.15) is 0 Å². The van der Waals surface area contributed by atoms with E-state index in [9.17, 15) is 9.18 Å². The van der Waals surface area contributed by atoms with Gasteiger partial charge >= 0.3 is 0 Å². The summed E-state index contributed by atoms with van der Waals surface area (Å²) in [6.45, 7) is 5.14. The minimum Gasteiger partial charge on any atom is -0.494 e. The summed E-state index contributed by atoms with van der Waals surface area (Å²) in [5.41, 5.74) is 2.60. The first-order valence-corrected chi connectivity index (χ1v) is 9.86. The third-order valence-electron chi connectivity index (χ3n) is 5.96. The molecule has 1 spiro atoms. The van der Waals surface area contributed by atoms with Crippen LogP contribution in [0, 0.1) is 12.7 Å². The lowest BCUT2D eigenvalue weighted by Crippen LogP contribution is -2.47. The fourth-order valence-electron chi connectivity index (χ4n) is 4.38. The van der Waals surface area contributed by atoms with E-state index in [2.05, 4.69) is 10.3 Å². The number of pyridine rings is 1. The van der Waals surface area contributed by atoms with Crippen LogP contribution in [-0.4, -0.2) is 41.5 Å². The number of nitrogens with zero attached hydrogens (tertiary/aromatic N) is 2. The number of hydrogen-bond donors (Lipinski definition) is 1. The Morgan fingerprint density at radius 3 is 2.86 bits per heavy atom. The number of rotatable bonds is 4. The first kappa shape index (κ1) is 18.9. The molecule has 2 aromatic rings. The van der Waals surface area contributed by atoms with Crippen molar-refractivity contribution in [3.63, 3.8) is 0 Å². The molecule has 28 heavy (non-hydrogen) atoms. The highest BCUT2D eigenvalue weighted by Gasteiger charge is 2.50. The summed E-state index contributed by atoms with van der Waals surface area (Å²) >= 11 is 0. The number of benzene rings is 1. The van der Waals surface area contributed by atoms with Crippen LogP contribution in [0.4, 0.5) is 4.39 Å². The molecule has 2 saturated heterocycles. The number of aryl methyl sites for hydroxylation is 1. The number of ether oxygens (including phenoxy) is 1. The molecule has 0 bridgehead atoms. The van der Waals surface area contributed by atoms with Gasteiger partial charge in [0.2, 0.25) is 5.91 Å². The average Bonchev–Trinajstić information content (AvgIpc) is 3.24. The van der Waals surface area contributed by atoms with E-state index in [1.54, 1.807) is 23.2 Å². The van der Waals surface area contributed by atoms with Crippen LogP contribution in [0.5, 0.6) is 5.75 Å². The van der Waals surface area contributed by atoms with Gasteiger partial charge in [0.05, 0.1) is 18.3 Å². The molecule has 0 unspecified atom stereocenters. The molecular weight excluding hydrogens is 357 g/mol. The molecule has 2 fully saturated rings. The summed E-state index contributed by atoms with van der Waals surface area (Å²) in [6.07, 6.45) is 4.26. The molecular formula is C22H26FN3O2. The van der Waals surface area contributed by atoms with Crippen molar-refractivity contribution < 1.29 is 13.9 Å². The van der Waals surface area contributed by atoms with E-state index in [1.807, 2.05) is 27.0 Å². The fourth-order valence-corrected chi connectivity index (χ4v) is 4.38. The third kappa shape index (κ3) is 3.15. The Balaban J connectivity index is 1.66. The van der Waals surface area contributed by atoms with Gasteiger partial charge in [0.1, 0.15) is 17.1 Å². The number of likely N-dealkylation sites (N-methyl/N-ethyl adjacent to an activating group) is 1. The molecule has 2 aliphatic heterocycles. The standard InChI is InChI=1S/C22H26FN3O2/c1-4-28-15-5-6-18(23)17(11-15)16-12-20(24-13-14(16)2)19-7-8-22(25-19)9-10-26(3)21(22)27/h5-6,11-13,19,25H,4,7-10H2,1-3H3/t19-,22-/m1/s1. The van der Waals surface area contributed by atoms with Crippen LogP contribution in [0.2, 0.25) is 0 Å². The number of amides is 1. The molecule has 5 nitrogen and oxygen atoms in total.